The minimum atomic E-state index is -0.468. The van der Waals surface area contributed by atoms with Crippen LogP contribution < -0.4 is 11.1 Å². The predicted molar refractivity (Wildman–Crippen MR) is 71.3 cm³/mol. The number of nitrogens with two attached hydrogens (primary N) is 1. The van der Waals surface area contributed by atoms with E-state index in [2.05, 4.69) is 10.4 Å². The number of nitrogens with zero attached hydrogens (tertiary/aromatic N) is 2. The normalized spacial score (nSPS) is 13.7. The van der Waals surface area contributed by atoms with Gasteiger partial charge in [-0.2, -0.15) is 5.10 Å². The second-order valence-electron chi connectivity index (χ2n) is 4.17. The van der Waals surface area contributed by atoms with Gasteiger partial charge < -0.3 is 11.1 Å². The molecule has 1 amide bonds. The van der Waals surface area contributed by atoms with E-state index in [1.165, 1.54) is 0 Å². The molecule has 0 aliphatic carbocycles. The molecule has 0 bridgehead atoms. The van der Waals surface area contributed by atoms with E-state index >= 15 is 0 Å². The highest BCUT2D eigenvalue weighted by atomic mass is 35.5. The zero-order valence-corrected chi connectivity index (χ0v) is 11.5. The molecule has 1 aromatic heterocycles. The highest BCUT2D eigenvalue weighted by Gasteiger charge is 2.20. The molecule has 0 saturated carbocycles. The summed E-state index contributed by atoms with van der Waals surface area (Å²) in [6, 6.07) is -0.468. The van der Waals surface area contributed by atoms with Crippen molar-refractivity contribution in [1.29, 1.82) is 0 Å². The maximum absolute atomic E-state index is 11.8. The fourth-order valence-corrected chi connectivity index (χ4v) is 1.35. The van der Waals surface area contributed by atoms with Crippen LogP contribution in [-0.2, 0) is 11.8 Å². The summed E-state index contributed by atoms with van der Waals surface area (Å²) in [5.74, 6) is 0.0300. The monoisotopic (exact) mass is 260 g/mol. The smallest absolute Gasteiger partial charge is 0.241 e. The summed E-state index contributed by atoms with van der Waals surface area (Å²) in [7, 11) is 1.83. The van der Waals surface area contributed by atoms with Crippen LogP contribution in [0.5, 0.6) is 0 Å². The average molecular weight is 261 g/mol. The maximum Gasteiger partial charge on any atom is 0.241 e. The molecule has 6 heteroatoms. The predicted octanol–water partition coefficient (Wildman–Crippen LogP) is 1.46. The molecule has 2 atom stereocenters. The number of carbonyl (C=O) groups excluding carboxylic acids is 1. The second-order valence-corrected chi connectivity index (χ2v) is 4.17. The zero-order chi connectivity index (χ0) is 12.3. The van der Waals surface area contributed by atoms with Gasteiger partial charge in [-0.1, -0.05) is 20.3 Å². The Balaban J connectivity index is 0.00000256. The molecule has 1 aromatic rings. The summed E-state index contributed by atoms with van der Waals surface area (Å²) in [4.78, 5) is 11.8. The first-order valence-electron chi connectivity index (χ1n) is 5.52. The first-order chi connectivity index (χ1) is 7.47. The van der Waals surface area contributed by atoms with Crippen LogP contribution in [0.3, 0.4) is 0 Å². The van der Waals surface area contributed by atoms with Crippen LogP contribution in [0.2, 0.25) is 0 Å². The molecular weight excluding hydrogens is 240 g/mol. The van der Waals surface area contributed by atoms with Crippen LogP contribution in [-0.4, -0.2) is 21.7 Å². The third-order valence-electron chi connectivity index (χ3n) is 3.05. The number of hydrogen-bond acceptors (Lipinski definition) is 3. The van der Waals surface area contributed by atoms with E-state index in [1.54, 1.807) is 10.9 Å². The van der Waals surface area contributed by atoms with Gasteiger partial charge in [-0.25, -0.2) is 0 Å². The number of nitrogens with one attached hydrogen (secondary N) is 1. The molecule has 0 aromatic carbocycles. The van der Waals surface area contributed by atoms with Crippen molar-refractivity contribution in [2.24, 2.45) is 18.7 Å². The average Bonchev–Trinajstić information content (AvgIpc) is 2.58. The quantitative estimate of drug-likeness (QED) is 0.861. The van der Waals surface area contributed by atoms with Gasteiger partial charge in [0.2, 0.25) is 5.91 Å². The lowest BCUT2D eigenvalue weighted by molar-refractivity contribution is -0.118. The molecule has 98 valence electrons. The van der Waals surface area contributed by atoms with Crippen LogP contribution in [0.1, 0.15) is 26.0 Å². The van der Waals surface area contributed by atoms with Gasteiger partial charge in [0.25, 0.3) is 0 Å². The Hall–Kier alpha value is -1.07. The molecule has 17 heavy (non-hydrogen) atoms. The second kappa shape index (κ2) is 6.61. The highest BCUT2D eigenvalue weighted by Crippen LogP contribution is 2.14. The Kier molecular flexibility index (Phi) is 6.20. The number of carbonyl (C=O) groups is 1. The fourth-order valence-electron chi connectivity index (χ4n) is 1.35. The Morgan fingerprint density at radius 1 is 1.65 bits per heavy atom. The van der Waals surface area contributed by atoms with E-state index in [9.17, 15) is 4.79 Å². The van der Waals surface area contributed by atoms with Crippen LogP contribution in [0.4, 0.5) is 5.69 Å². The van der Waals surface area contributed by atoms with Crippen molar-refractivity contribution in [2.45, 2.75) is 33.2 Å². The number of aromatic nitrogens is 2. The van der Waals surface area contributed by atoms with E-state index in [0.29, 0.717) is 0 Å². The Bertz CT molecular complexity index is 378. The Morgan fingerprint density at radius 3 is 2.65 bits per heavy atom. The van der Waals surface area contributed by atoms with Crippen molar-refractivity contribution < 1.29 is 4.79 Å². The fraction of sp³-hybridized carbons (Fsp3) is 0.636. The molecule has 0 aliphatic heterocycles. The first-order valence-corrected chi connectivity index (χ1v) is 5.52. The highest BCUT2D eigenvalue weighted by molar-refractivity contribution is 5.95. The van der Waals surface area contributed by atoms with Crippen molar-refractivity contribution in [3.05, 3.63) is 11.9 Å². The summed E-state index contributed by atoms with van der Waals surface area (Å²) in [5, 5.41) is 6.85. The topological polar surface area (TPSA) is 72.9 Å². The minimum Gasteiger partial charge on any atom is -0.322 e. The van der Waals surface area contributed by atoms with Gasteiger partial charge in [0.1, 0.15) is 0 Å². The summed E-state index contributed by atoms with van der Waals surface area (Å²) in [6.45, 7) is 5.89. The number of hydrogen-bond donors (Lipinski definition) is 2. The number of halogens is 1. The SMILES string of the molecule is CCC(C)C(N)C(=O)Nc1cnn(C)c1C.Cl. The summed E-state index contributed by atoms with van der Waals surface area (Å²) >= 11 is 0. The largest absolute Gasteiger partial charge is 0.322 e. The van der Waals surface area contributed by atoms with Crippen molar-refractivity contribution in [1.82, 2.24) is 9.78 Å². The van der Waals surface area contributed by atoms with Gasteiger partial charge >= 0.3 is 0 Å². The van der Waals surface area contributed by atoms with Crippen molar-refractivity contribution >= 4 is 24.0 Å². The number of anilines is 1. The summed E-state index contributed by atoms with van der Waals surface area (Å²) in [5.41, 5.74) is 7.49. The van der Waals surface area contributed by atoms with Gasteiger partial charge in [0.05, 0.1) is 23.6 Å². The molecule has 0 radical (unpaired) electrons. The van der Waals surface area contributed by atoms with Gasteiger partial charge in [0.15, 0.2) is 0 Å². The van der Waals surface area contributed by atoms with E-state index in [-0.39, 0.29) is 24.2 Å². The zero-order valence-electron chi connectivity index (χ0n) is 10.7. The molecule has 0 fully saturated rings. The third-order valence-corrected chi connectivity index (χ3v) is 3.05. The third kappa shape index (κ3) is 3.71. The standard InChI is InChI=1S/C11H20N4O.ClH/c1-5-7(2)10(12)11(16)14-9-6-13-15(4)8(9)3;/h6-7,10H,5,12H2,1-4H3,(H,14,16);1H. The van der Waals surface area contributed by atoms with E-state index in [4.69, 9.17) is 5.73 Å². The molecule has 5 nitrogen and oxygen atoms in total. The van der Waals surface area contributed by atoms with Crippen LogP contribution in [0, 0.1) is 12.8 Å². The molecule has 3 N–H and O–H groups in total. The molecule has 2 unspecified atom stereocenters. The molecule has 0 spiro atoms. The van der Waals surface area contributed by atoms with Crippen LogP contribution >= 0.6 is 12.4 Å². The lowest BCUT2D eigenvalue weighted by Crippen LogP contribution is -2.40. The molecule has 0 saturated heterocycles. The van der Waals surface area contributed by atoms with Crippen molar-refractivity contribution in [2.75, 3.05) is 5.32 Å². The molecular formula is C11H21ClN4O. The number of aryl methyl sites for hydroxylation is 1. The number of rotatable bonds is 4. The molecule has 1 heterocycles. The van der Waals surface area contributed by atoms with E-state index in [0.717, 1.165) is 17.8 Å². The maximum atomic E-state index is 11.8. The Labute approximate surface area is 108 Å². The first kappa shape index (κ1) is 15.9. The van der Waals surface area contributed by atoms with Gasteiger partial charge in [-0.05, 0) is 12.8 Å². The van der Waals surface area contributed by atoms with Crippen molar-refractivity contribution in [3.63, 3.8) is 0 Å². The van der Waals surface area contributed by atoms with Crippen molar-refractivity contribution in [3.8, 4) is 0 Å². The minimum absolute atomic E-state index is 0. The van der Waals surface area contributed by atoms with Crippen LogP contribution in [0.15, 0.2) is 6.20 Å². The summed E-state index contributed by atoms with van der Waals surface area (Å²) < 4.78 is 1.71. The molecule has 1 rings (SSSR count). The van der Waals surface area contributed by atoms with E-state index in [1.807, 2.05) is 27.8 Å². The molecule has 0 aliphatic rings. The Morgan fingerprint density at radius 2 is 2.24 bits per heavy atom. The van der Waals surface area contributed by atoms with Gasteiger partial charge in [0, 0.05) is 7.05 Å². The summed E-state index contributed by atoms with van der Waals surface area (Å²) in [6.07, 6.45) is 2.52. The number of amides is 1. The van der Waals surface area contributed by atoms with Gasteiger partial charge in [-0.3, -0.25) is 9.48 Å². The van der Waals surface area contributed by atoms with Gasteiger partial charge in [-0.15, -0.1) is 12.4 Å². The van der Waals surface area contributed by atoms with E-state index < -0.39 is 6.04 Å². The lowest BCUT2D eigenvalue weighted by atomic mass is 9.99. The lowest BCUT2D eigenvalue weighted by Gasteiger charge is -2.17. The van der Waals surface area contributed by atoms with Crippen LogP contribution in [0.25, 0.3) is 0 Å².